The number of cyclic esters (lactones) is 1. The van der Waals surface area contributed by atoms with Crippen LogP contribution in [-0.4, -0.2) is 44.5 Å². The molecular formula is C21H20O8. The number of Topliss-reactive ketones (excluding diaryl/α,β-unsaturated/α-hetero) is 1. The molecule has 0 unspecified atom stereocenters. The van der Waals surface area contributed by atoms with E-state index >= 15 is 0 Å². The van der Waals surface area contributed by atoms with Crippen molar-refractivity contribution in [1.29, 1.82) is 0 Å². The first-order valence-corrected chi connectivity index (χ1v) is 9.04. The first kappa shape index (κ1) is 19.1. The van der Waals surface area contributed by atoms with Gasteiger partial charge in [0.25, 0.3) is 0 Å². The summed E-state index contributed by atoms with van der Waals surface area (Å²) in [6.45, 7) is -0.000229. The number of esters is 1. The average Bonchev–Trinajstić information content (AvgIpc) is 3.37. The fraction of sp³-hybridized carbons (Fsp3) is 0.333. The standard InChI is InChI=1S/C21H20O8/c1-25-14-5-3-12(7-16(14)26-2)20(23)18-13(9-27-21(18)24)19(22)11-4-6-15-17(8-11)29-10-28-15/h3-8,13,18,20,23H,9-10H2,1-2H3/t13-,18+,20+/m1/s1. The molecule has 1 N–H and O–H groups in total. The minimum Gasteiger partial charge on any atom is -0.493 e. The minimum absolute atomic E-state index is 0.0959. The molecule has 0 saturated carbocycles. The van der Waals surface area contributed by atoms with Gasteiger partial charge in [-0.2, -0.15) is 0 Å². The maximum atomic E-state index is 13.1. The Morgan fingerprint density at radius 3 is 2.55 bits per heavy atom. The zero-order chi connectivity index (χ0) is 20.5. The van der Waals surface area contributed by atoms with E-state index in [9.17, 15) is 14.7 Å². The maximum absolute atomic E-state index is 13.1. The molecule has 2 aliphatic heterocycles. The van der Waals surface area contributed by atoms with Crippen LogP contribution in [0.2, 0.25) is 0 Å². The number of aliphatic hydroxyl groups is 1. The lowest BCUT2D eigenvalue weighted by Gasteiger charge is -2.21. The molecule has 2 aromatic rings. The highest BCUT2D eigenvalue weighted by molar-refractivity contribution is 6.01. The van der Waals surface area contributed by atoms with Crippen LogP contribution in [0.1, 0.15) is 22.0 Å². The highest BCUT2D eigenvalue weighted by Crippen LogP contribution is 2.40. The van der Waals surface area contributed by atoms with Gasteiger partial charge in [0.2, 0.25) is 6.79 Å². The van der Waals surface area contributed by atoms with Crippen LogP contribution in [-0.2, 0) is 9.53 Å². The number of methoxy groups -OCH3 is 2. The topological polar surface area (TPSA) is 101 Å². The molecule has 29 heavy (non-hydrogen) atoms. The Labute approximate surface area is 166 Å². The number of hydrogen-bond acceptors (Lipinski definition) is 8. The second-order valence-electron chi connectivity index (χ2n) is 6.75. The first-order chi connectivity index (χ1) is 14.0. The largest absolute Gasteiger partial charge is 0.493 e. The summed E-state index contributed by atoms with van der Waals surface area (Å²) in [5.41, 5.74) is 0.789. The van der Waals surface area contributed by atoms with Crippen molar-refractivity contribution >= 4 is 11.8 Å². The maximum Gasteiger partial charge on any atom is 0.312 e. The molecule has 152 valence electrons. The monoisotopic (exact) mass is 400 g/mol. The molecule has 2 aromatic carbocycles. The smallest absolute Gasteiger partial charge is 0.312 e. The lowest BCUT2D eigenvalue weighted by molar-refractivity contribution is -0.144. The Balaban J connectivity index is 1.62. The van der Waals surface area contributed by atoms with E-state index in [0.29, 0.717) is 34.1 Å². The van der Waals surface area contributed by atoms with Gasteiger partial charge in [-0.3, -0.25) is 9.59 Å². The number of carbonyl (C=O) groups excluding carboxylic acids is 2. The van der Waals surface area contributed by atoms with E-state index in [1.165, 1.54) is 14.2 Å². The number of ketones is 1. The highest BCUT2D eigenvalue weighted by Gasteiger charge is 2.46. The summed E-state index contributed by atoms with van der Waals surface area (Å²) in [6, 6.07) is 9.67. The van der Waals surface area contributed by atoms with Gasteiger partial charge in [-0.15, -0.1) is 0 Å². The molecule has 2 heterocycles. The molecule has 2 aliphatic rings. The molecule has 1 saturated heterocycles. The van der Waals surface area contributed by atoms with Gasteiger partial charge in [0.1, 0.15) is 12.5 Å². The first-order valence-electron chi connectivity index (χ1n) is 9.04. The third-order valence-electron chi connectivity index (χ3n) is 5.19. The third-order valence-corrected chi connectivity index (χ3v) is 5.19. The van der Waals surface area contributed by atoms with E-state index in [4.69, 9.17) is 23.7 Å². The van der Waals surface area contributed by atoms with Crippen molar-refractivity contribution < 1.29 is 38.4 Å². The van der Waals surface area contributed by atoms with E-state index in [-0.39, 0.29) is 19.2 Å². The molecule has 8 nitrogen and oxygen atoms in total. The highest BCUT2D eigenvalue weighted by atomic mass is 16.7. The van der Waals surface area contributed by atoms with Crippen molar-refractivity contribution in [1.82, 2.24) is 0 Å². The zero-order valence-electron chi connectivity index (χ0n) is 15.9. The van der Waals surface area contributed by atoms with E-state index in [1.807, 2.05) is 0 Å². The SMILES string of the molecule is COc1ccc([C@H](O)[C@H]2C(=O)OC[C@H]2C(=O)c2ccc3c(c2)OCO3)cc1OC. The fourth-order valence-corrected chi connectivity index (χ4v) is 3.63. The van der Waals surface area contributed by atoms with E-state index < -0.39 is 23.9 Å². The van der Waals surface area contributed by atoms with Gasteiger partial charge < -0.3 is 28.8 Å². The summed E-state index contributed by atoms with van der Waals surface area (Å²) in [5, 5.41) is 10.9. The molecule has 0 radical (unpaired) electrons. The van der Waals surface area contributed by atoms with Crippen molar-refractivity contribution in [3.63, 3.8) is 0 Å². The van der Waals surface area contributed by atoms with Crippen molar-refractivity contribution in [2.75, 3.05) is 27.6 Å². The van der Waals surface area contributed by atoms with Crippen molar-refractivity contribution in [3.05, 3.63) is 47.5 Å². The van der Waals surface area contributed by atoms with Crippen LogP contribution in [0.4, 0.5) is 0 Å². The van der Waals surface area contributed by atoms with Crippen molar-refractivity contribution in [2.45, 2.75) is 6.10 Å². The zero-order valence-corrected chi connectivity index (χ0v) is 15.9. The lowest BCUT2D eigenvalue weighted by atomic mass is 9.82. The molecule has 4 rings (SSSR count). The molecule has 0 bridgehead atoms. The van der Waals surface area contributed by atoms with Crippen LogP contribution in [0, 0.1) is 11.8 Å². The van der Waals surface area contributed by atoms with Gasteiger partial charge in [0.15, 0.2) is 28.8 Å². The number of rotatable bonds is 6. The molecule has 3 atom stereocenters. The van der Waals surface area contributed by atoms with Crippen LogP contribution in [0.15, 0.2) is 36.4 Å². The molecule has 0 spiro atoms. The summed E-state index contributed by atoms with van der Waals surface area (Å²) in [5.74, 6) is -0.859. The quantitative estimate of drug-likeness (QED) is 0.582. The van der Waals surface area contributed by atoms with Crippen molar-refractivity contribution in [2.24, 2.45) is 11.8 Å². The number of aliphatic hydroxyl groups excluding tert-OH is 1. The van der Waals surface area contributed by atoms with Crippen LogP contribution in [0.5, 0.6) is 23.0 Å². The Morgan fingerprint density at radius 2 is 1.79 bits per heavy atom. The summed E-state index contributed by atoms with van der Waals surface area (Å²) in [6.07, 6.45) is -1.24. The van der Waals surface area contributed by atoms with Gasteiger partial charge in [-0.25, -0.2) is 0 Å². The number of fused-ring (bicyclic) bond motifs is 1. The molecule has 1 fully saturated rings. The fourth-order valence-electron chi connectivity index (χ4n) is 3.63. The average molecular weight is 400 g/mol. The Hall–Kier alpha value is -3.26. The second kappa shape index (κ2) is 7.63. The van der Waals surface area contributed by atoms with Gasteiger partial charge in [-0.1, -0.05) is 6.07 Å². The Morgan fingerprint density at radius 1 is 1.03 bits per heavy atom. The van der Waals surface area contributed by atoms with Gasteiger partial charge >= 0.3 is 5.97 Å². The Bertz CT molecular complexity index is 954. The predicted molar refractivity (Wildman–Crippen MR) is 99.3 cm³/mol. The van der Waals surface area contributed by atoms with Gasteiger partial charge in [0.05, 0.1) is 26.2 Å². The summed E-state index contributed by atoms with van der Waals surface area (Å²) in [7, 11) is 2.98. The third kappa shape index (κ3) is 3.36. The molecular weight excluding hydrogens is 380 g/mol. The molecule has 0 amide bonds. The Kier molecular flexibility index (Phi) is 5.02. The van der Waals surface area contributed by atoms with Gasteiger partial charge in [-0.05, 0) is 35.9 Å². The van der Waals surface area contributed by atoms with Gasteiger partial charge in [0, 0.05) is 5.56 Å². The summed E-state index contributed by atoms with van der Waals surface area (Å²) in [4.78, 5) is 25.4. The molecule has 0 aromatic heterocycles. The van der Waals surface area contributed by atoms with Crippen LogP contribution >= 0.6 is 0 Å². The number of benzene rings is 2. The molecule has 0 aliphatic carbocycles. The van der Waals surface area contributed by atoms with Crippen LogP contribution < -0.4 is 18.9 Å². The van der Waals surface area contributed by atoms with E-state index in [1.54, 1.807) is 36.4 Å². The summed E-state index contributed by atoms with van der Waals surface area (Å²) < 4.78 is 26.2. The van der Waals surface area contributed by atoms with E-state index in [0.717, 1.165) is 0 Å². The summed E-state index contributed by atoms with van der Waals surface area (Å²) >= 11 is 0. The number of hydrogen-bond donors (Lipinski definition) is 1. The van der Waals surface area contributed by atoms with Crippen molar-refractivity contribution in [3.8, 4) is 23.0 Å². The second-order valence-corrected chi connectivity index (χ2v) is 6.75. The molecule has 8 heteroatoms. The predicted octanol–water partition coefficient (Wildman–Crippen LogP) is 2.14. The minimum atomic E-state index is -1.24. The lowest BCUT2D eigenvalue weighted by Crippen LogP contribution is -2.29. The van der Waals surface area contributed by atoms with Crippen LogP contribution in [0.25, 0.3) is 0 Å². The number of ether oxygens (including phenoxy) is 5. The van der Waals surface area contributed by atoms with E-state index in [2.05, 4.69) is 0 Å². The number of carbonyl (C=O) groups is 2. The van der Waals surface area contributed by atoms with Crippen LogP contribution in [0.3, 0.4) is 0 Å². The normalized spacial score (nSPS) is 20.9.